The molecule has 0 saturated heterocycles. The number of aliphatic hydroxyl groups is 1. The van der Waals surface area contributed by atoms with Crippen LogP contribution in [0.2, 0.25) is 5.02 Å². The van der Waals surface area contributed by atoms with Gasteiger partial charge in [0.25, 0.3) is 0 Å². The summed E-state index contributed by atoms with van der Waals surface area (Å²) < 4.78 is 5.53. The van der Waals surface area contributed by atoms with Crippen LogP contribution in [0, 0.1) is 17.0 Å². The predicted octanol–water partition coefficient (Wildman–Crippen LogP) is 4.77. The number of hydrogen-bond donors (Lipinski definition) is 2. The number of phenolic OH excluding ortho intramolecular Hbond substituents is 1. The molecule has 0 unspecified atom stereocenters. The summed E-state index contributed by atoms with van der Waals surface area (Å²) in [6.07, 6.45) is 1.32. The molecular weight excluding hydrogens is 372 g/mol. The first kappa shape index (κ1) is 18.6. The first-order valence-corrected chi connectivity index (χ1v) is 8.28. The van der Waals surface area contributed by atoms with Crippen LogP contribution in [0.5, 0.6) is 5.75 Å². The van der Waals surface area contributed by atoms with Gasteiger partial charge >= 0.3 is 5.69 Å². The summed E-state index contributed by atoms with van der Waals surface area (Å²) in [5, 5.41) is 30.2. The van der Waals surface area contributed by atoms with Gasteiger partial charge < -0.3 is 14.6 Å². The molecule has 27 heavy (non-hydrogen) atoms. The Balaban J connectivity index is 1.90. The number of rotatable bonds is 5. The molecule has 0 bridgehead atoms. The second-order valence-corrected chi connectivity index (χ2v) is 6.24. The van der Waals surface area contributed by atoms with Crippen LogP contribution >= 0.6 is 11.6 Å². The number of benzene rings is 2. The lowest BCUT2D eigenvalue weighted by Crippen LogP contribution is -1.92. The van der Waals surface area contributed by atoms with Crippen molar-refractivity contribution in [1.29, 1.82) is 0 Å². The van der Waals surface area contributed by atoms with Gasteiger partial charge in [0.15, 0.2) is 0 Å². The number of nitro benzene ring substituents is 1. The highest BCUT2D eigenvalue weighted by atomic mass is 35.5. The van der Waals surface area contributed by atoms with Gasteiger partial charge in [-0.3, -0.25) is 15.1 Å². The number of halogens is 1. The summed E-state index contributed by atoms with van der Waals surface area (Å²) in [7, 11) is 0. The monoisotopic (exact) mass is 386 g/mol. The molecule has 8 heteroatoms. The number of nitro groups is 1. The molecule has 0 spiro atoms. The van der Waals surface area contributed by atoms with E-state index in [2.05, 4.69) is 4.99 Å². The summed E-state index contributed by atoms with van der Waals surface area (Å²) in [5.74, 6) is 0.619. The topological polar surface area (TPSA) is 109 Å². The van der Waals surface area contributed by atoms with E-state index in [1.165, 1.54) is 12.3 Å². The molecule has 2 aromatic carbocycles. The molecule has 0 atom stereocenters. The van der Waals surface area contributed by atoms with Crippen LogP contribution in [0.25, 0.3) is 11.3 Å². The second-order valence-electron chi connectivity index (χ2n) is 5.80. The molecule has 1 aromatic heterocycles. The van der Waals surface area contributed by atoms with E-state index < -0.39 is 16.4 Å². The van der Waals surface area contributed by atoms with Crippen LogP contribution in [-0.2, 0) is 6.61 Å². The highest BCUT2D eigenvalue weighted by Crippen LogP contribution is 2.33. The summed E-state index contributed by atoms with van der Waals surface area (Å²) >= 11 is 5.87. The van der Waals surface area contributed by atoms with E-state index in [1.807, 2.05) is 19.1 Å². The zero-order valence-corrected chi connectivity index (χ0v) is 15.0. The minimum Gasteiger partial charge on any atom is -0.502 e. The third-order valence-corrected chi connectivity index (χ3v) is 4.14. The van der Waals surface area contributed by atoms with Crippen LogP contribution < -0.4 is 0 Å². The van der Waals surface area contributed by atoms with Crippen molar-refractivity contribution in [2.24, 2.45) is 4.99 Å². The SMILES string of the molecule is Cc1cc(N=Cc2cc(Cl)cc([N+](=O)[O-])c2O)ccc1-c1ccc(CO)o1. The van der Waals surface area contributed by atoms with Crippen molar-refractivity contribution in [2.45, 2.75) is 13.5 Å². The minimum atomic E-state index is -0.707. The number of furan rings is 1. The van der Waals surface area contributed by atoms with E-state index in [0.717, 1.165) is 17.2 Å². The van der Waals surface area contributed by atoms with Gasteiger partial charge in [-0.05, 0) is 48.9 Å². The first-order valence-electron chi connectivity index (χ1n) is 7.90. The molecule has 0 aliphatic heterocycles. The molecular formula is C19H15ClN2O5. The van der Waals surface area contributed by atoms with Crippen molar-refractivity contribution in [3.63, 3.8) is 0 Å². The fourth-order valence-electron chi connectivity index (χ4n) is 2.60. The van der Waals surface area contributed by atoms with E-state index >= 15 is 0 Å². The van der Waals surface area contributed by atoms with E-state index in [-0.39, 0.29) is 17.2 Å². The summed E-state index contributed by atoms with van der Waals surface area (Å²) in [5.41, 5.74) is 2.01. The zero-order valence-electron chi connectivity index (χ0n) is 14.2. The number of aliphatic imine (C=N–C) groups is 1. The molecule has 0 saturated carbocycles. The van der Waals surface area contributed by atoms with Gasteiger partial charge in [-0.1, -0.05) is 11.6 Å². The number of aryl methyl sites for hydroxylation is 1. The van der Waals surface area contributed by atoms with E-state index in [4.69, 9.17) is 21.1 Å². The van der Waals surface area contributed by atoms with Crippen molar-refractivity contribution in [3.05, 3.63) is 74.5 Å². The maximum absolute atomic E-state index is 11.0. The number of nitrogens with zero attached hydrogens (tertiary/aromatic N) is 2. The standard InChI is InChI=1S/C19H15ClN2O5/c1-11-6-14(2-4-16(11)18-5-3-15(10-23)27-18)21-9-12-7-13(20)8-17(19(12)24)22(25)26/h2-9,23-24H,10H2,1H3. The van der Waals surface area contributed by atoms with E-state index in [1.54, 1.807) is 18.2 Å². The van der Waals surface area contributed by atoms with Crippen LogP contribution in [0.15, 0.2) is 51.9 Å². The maximum Gasteiger partial charge on any atom is 0.312 e. The fourth-order valence-corrected chi connectivity index (χ4v) is 2.82. The molecule has 0 radical (unpaired) electrons. The summed E-state index contributed by atoms with van der Waals surface area (Å²) in [6.45, 7) is 1.72. The Morgan fingerprint density at radius 2 is 2.04 bits per heavy atom. The minimum absolute atomic E-state index is 0.130. The van der Waals surface area contributed by atoms with Gasteiger partial charge in [-0.2, -0.15) is 0 Å². The molecule has 7 nitrogen and oxygen atoms in total. The maximum atomic E-state index is 11.0. The smallest absolute Gasteiger partial charge is 0.312 e. The number of aromatic hydroxyl groups is 1. The highest BCUT2D eigenvalue weighted by Gasteiger charge is 2.17. The van der Waals surface area contributed by atoms with Gasteiger partial charge in [0.1, 0.15) is 18.1 Å². The molecule has 0 aliphatic carbocycles. The Morgan fingerprint density at radius 3 is 2.67 bits per heavy atom. The molecule has 0 aliphatic rings. The van der Waals surface area contributed by atoms with Gasteiger partial charge in [0, 0.05) is 28.4 Å². The molecule has 138 valence electrons. The molecule has 3 aromatic rings. The Kier molecular flexibility index (Phi) is 5.25. The Hall–Kier alpha value is -3.16. The number of phenols is 1. The lowest BCUT2D eigenvalue weighted by molar-refractivity contribution is -0.385. The molecule has 3 rings (SSSR count). The second kappa shape index (κ2) is 7.61. The van der Waals surface area contributed by atoms with E-state index in [0.29, 0.717) is 17.2 Å². The van der Waals surface area contributed by atoms with Gasteiger partial charge in [0.2, 0.25) is 5.75 Å². The molecule has 2 N–H and O–H groups in total. The van der Waals surface area contributed by atoms with Crippen LogP contribution in [0.3, 0.4) is 0 Å². The molecule has 0 fully saturated rings. The van der Waals surface area contributed by atoms with Gasteiger partial charge in [-0.15, -0.1) is 0 Å². The fraction of sp³-hybridized carbons (Fsp3) is 0.105. The van der Waals surface area contributed by atoms with Gasteiger partial charge in [-0.25, -0.2) is 0 Å². The Labute approximate surface area is 159 Å². The lowest BCUT2D eigenvalue weighted by atomic mass is 10.1. The van der Waals surface area contributed by atoms with Crippen LogP contribution in [-0.4, -0.2) is 21.4 Å². The van der Waals surface area contributed by atoms with Crippen molar-refractivity contribution < 1.29 is 19.6 Å². The molecule has 1 heterocycles. The van der Waals surface area contributed by atoms with E-state index in [9.17, 15) is 15.2 Å². The third kappa shape index (κ3) is 3.99. The predicted molar refractivity (Wildman–Crippen MR) is 102 cm³/mol. The zero-order chi connectivity index (χ0) is 19.6. The average Bonchev–Trinajstić information content (AvgIpc) is 3.10. The van der Waals surface area contributed by atoms with Crippen molar-refractivity contribution in [2.75, 3.05) is 0 Å². The van der Waals surface area contributed by atoms with Crippen LogP contribution in [0.4, 0.5) is 11.4 Å². The quantitative estimate of drug-likeness (QED) is 0.373. The Bertz CT molecular complexity index is 1040. The van der Waals surface area contributed by atoms with Crippen molar-refractivity contribution in [1.82, 2.24) is 0 Å². The number of aliphatic hydroxyl groups excluding tert-OH is 1. The first-order chi connectivity index (χ1) is 12.9. The Morgan fingerprint density at radius 1 is 1.26 bits per heavy atom. The number of hydrogen-bond acceptors (Lipinski definition) is 6. The largest absolute Gasteiger partial charge is 0.502 e. The van der Waals surface area contributed by atoms with Crippen LogP contribution in [0.1, 0.15) is 16.9 Å². The van der Waals surface area contributed by atoms with Crippen molar-refractivity contribution >= 4 is 29.2 Å². The lowest BCUT2D eigenvalue weighted by Gasteiger charge is -2.05. The van der Waals surface area contributed by atoms with Gasteiger partial charge in [0.05, 0.1) is 10.6 Å². The third-order valence-electron chi connectivity index (χ3n) is 3.93. The highest BCUT2D eigenvalue weighted by molar-refractivity contribution is 6.31. The normalized spacial score (nSPS) is 11.2. The summed E-state index contributed by atoms with van der Waals surface area (Å²) in [6, 6.07) is 11.3. The summed E-state index contributed by atoms with van der Waals surface area (Å²) in [4.78, 5) is 14.5. The van der Waals surface area contributed by atoms with Crippen molar-refractivity contribution in [3.8, 4) is 17.1 Å². The molecule has 0 amide bonds. The average molecular weight is 387 g/mol.